The minimum atomic E-state index is -3.03. The zero-order valence-corrected chi connectivity index (χ0v) is 13.2. The van der Waals surface area contributed by atoms with Gasteiger partial charge in [-0.15, -0.1) is 0 Å². The zero-order valence-electron chi connectivity index (χ0n) is 11.6. The van der Waals surface area contributed by atoms with Crippen molar-refractivity contribution < 1.29 is 13.2 Å². The fourth-order valence-corrected chi connectivity index (χ4v) is 4.86. The number of halogens is 1. The Morgan fingerprint density at radius 3 is 2.52 bits per heavy atom. The molecule has 3 rings (SSSR count). The monoisotopic (exact) mass is 328 g/mol. The van der Waals surface area contributed by atoms with E-state index >= 15 is 0 Å². The third-order valence-corrected chi connectivity index (χ3v) is 6.10. The van der Waals surface area contributed by atoms with Gasteiger partial charge >= 0.3 is 0 Å². The molecule has 2 aliphatic rings. The Labute approximate surface area is 129 Å². The number of rotatable bonds is 2. The van der Waals surface area contributed by atoms with Gasteiger partial charge in [-0.3, -0.25) is 10.1 Å². The van der Waals surface area contributed by atoms with Gasteiger partial charge in [-0.05, 0) is 31.0 Å². The molecule has 3 atom stereocenters. The van der Waals surface area contributed by atoms with Crippen molar-refractivity contribution in [3.8, 4) is 0 Å². The highest BCUT2D eigenvalue weighted by Crippen LogP contribution is 2.32. The van der Waals surface area contributed by atoms with Crippen molar-refractivity contribution in [1.82, 2.24) is 10.2 Å². The minimum absolute atomic E-state index is 0.0444. The van der Waals surface area contributed by atoms with E-state index in [1.165, 1.54) is 0 Å². The normalized spacial score (nSPS) is 31.8. The van der Waals surface area contributed by atoms with Crippen LogP contribution in [0.4, 0.5) is 0 Å². The number of amides is 1. The van der Waals surface area contributed by atoms with Gasteiger partial charge in [-0.1, -0.05) is 23.7 Å². The van der Waals surface area contributed by atoms with Crippen LogP contribution in [0.3, 0.4) is 0 Å². The van der Waals surface area contributed by atoms with E-state index in [1.54, 1.807) is 24.0 Å². The van der Waals surface area contributed by atoms with Gasteiger partial charge < -0.3 is 4.90 Å². The molecule has 7 heteroatoms. The van der Waals surface area contributed by atoms with Gasteiger partial charge in [0.15, 0.2) is 9.84 Å². The van der Waals surface area contributed by atoms with Gasteiger partial charge in [0, 0.05) is 11.1 Å². The number of benzene rings is 1. The van der Waals surface area contributed by atoms with Crippen molar-refractivity contribution in [2.75, 3.05) is 11.5 Å². The van der Waals surface area contributed by atoms with Crippen LogP contribution in [0.25, 0.3) is 0 Å². The maximum absolute atomic E-state index is 12.4. The molecule has 5 nitrogen and oxygen atoms in total. The second-order valence-electron chi connectivity index (χ2n) is 5.64. The molecule has 114 valence electrons. The molecule has 0 aromatic heterocycles. The van der Waals surface area contributed by atoms with Gasteiger partial charge in [-0.25, -0.2) is 8.42 Å². The largest absolute Gasteiger partial charge is 0.318 e. The lowest BCUT2D eigenvalue weighted by Gasteiger charge is -2.29. The SMILES string of the molecule is CC1NC(c2ccc(Cl)cc2)N(C2CCS(=O)(=O)C2)C1=O. The smallest absolute Gasteiger partial charge is 0.241 e. The van der Waals surface area contributed by atoms with Crippen LogP contribution in [0, 0.1) is 0 Å². The van der Waals surface area contributed by atoms with Gasteiger partial charge in [0.2, 0.25) is 5.91 Å². The Morgan fingerprint density at radius 1 is 1.29 bits per heavy atom. The molecular formula is C14H17ClN2O3S. The lowest BCUT2D eigenvalue weighted by atomic mass is 10.1. The Hall–Kier alpha value is -1.11. The van der Waals surface area contributed by atoms with E-state index in [-0.39, 0.29) is 35.7 Å². The molecule has 2 saturated heterocycles. The first-order chi connectivity index (χ1) is 9.87. The van der Waals surface area contributed by atoms with Crippen molar-refractivity contribution in [3.05, 3.63) is 34.9 Å². The summed E-state index contributed by atoms with van der Waals surface area (Å²) in [4.78, 5) is 14.1. The first-order valence-corrected chi connectivity index (χ1v) is 9.11. The van der Waals surface area contributed by atoms with Crippen molar-refractivity contribution in [3.63, 3.8) is 0 Å². The average Bonchev–Trinajstić information content (AvgIpc) is 2.91. The zero-order chi connectivity index (χ0) is 15.2. The topological polar surface area (TPSA) is 66.5 Å². The van der Waals surface area contributed by atoms with Gasteiger partial charge in [0.25, 0.3) is 0 Å². The molecule has 0 aliphatic carbocycles. The molecule has 0 radical (unpaired) electrons. The van der Waals surface area contributed by atoms with Crippen LogP contribution < -0.4 is 5.32 Å². The quantitative estimate of drug-likeness (QED) is 0.890. The second-order valence-corrected chi connectivity index (χ2v) is 8.31. The number of hydrogen-bond donors (Lipinski definition) is 1. The first kappa shape index (κ1) is 14.8. The van der Waals surface area contributed by atoms with E-state index in [9.17, 15) is 13.2 Å². The van der Waals surface area contributed by atoms with Crippen LogP contribution in [0.2, 0.25) is 5.02 Å². The molecule has 2 aliphatic heterocycles. The number of hydrogen-bond acceptors (Lipinski definition) is 4. The highest BCUT2D eigenvalue weighted by atomic mass is 35.5. The van der Waals surface area contributed by atoms with Crippen LogP contribution in [0.5, 0.6) is 0 Å². The Balaban J connectivity index is 1.91. The molecule has 1 N–H and O–H groups in total. The van der Waals surface area contributed by atoms with Gasteiger partial charge in [0.05, 0.1) is 17.5 Å². The molecule has 2 fully saturated rings. The Morgan fingerprint density at radius 2 is 1.95 bits per heavy atom. The summed E-state index contributed by atoms with van der Waals surface area (Å²) in [6.07, 6.45) is 0.218. The molecule has 0 bridgehead atoms. The summed E-state index contributed by atoms with van der Waals surface area (Å²) >= 11 is 5.90. The summed E-state index contributed by atoms with van der Waals surface area (Å²) in [5, 5.41) is 3.86. The van der Waals surface area contributed by atoms with Crippen LogP contribution in [-0.4, -0.2) is 42.8 Å². The summed E-state index contributed by atoms with van der Waals surface area (Å²) in [6.45, 7) is 1.80. The van der Waals surface area contributed by atoms with Crippen LogP contribution in [-0.2, 0) is 14.6 Å². The maximum Gasteiger partial charge on any atom is 0.241 e. The van der Waals surface area contributed by atoms with E-state index in [2.05, 4.69) is 5.32 Å². The third kappa shape index (κ3) is 2.80. The average molecular weight is 329 g/mol. The summed E-state index contributed by atoms with van der Waals surface area (Å²) in [7, 11) is -3.03. The highest BCUT2D eigenvalue weighted by molar-refractivity contribution is 7.91. The lowest BCUT2D eigenvalue weighted by Crippen LogP contribution is -2.40. The number of nitrogens with one attached hydrogen (secondary N) is 1. The Bertz CT molecular complexity index is 659. The van der Waals surface area contributed by atoms with E-state index in [1.807, 2.05) is 12.1 Å². The standard InChI is InChI=1S/C14H17ClN2O3S/c1-9-14(18)17(12-6-7-21(19,20)8-12)13(16-9)10-2-4-11(15)5-3-10/h2-5,9,12-13,16H,6-8H2,1H3. The summed E-state index contributed by atoms with van der Waals surface area (Å²) < 4.78 is 23.4. The van der Waals surface area contributed by atoms with Crippen LogP contribution in [0.15, 0.2) is 24.3 Å². The predicted octanol–water partition coefficient (Wildman–Crippen LogP) is 1.35. The van der Waals surface area contributed by atoms with Crippen molar-refractivity contribution in [2.24, 2.45) is 0 Å². The molecule has 1 amide bonds. The molecule has 2 heterocycles. The van der Waals surface area contributed by atoms with E-state index in [0.29, 0.717) is 11.4 Å². The summed E-state index contributed by atoms with van der Waals surface area (Å²) in [5.74, 6) is 0.164. The third-order valence-electron chi connectivity index (χ3n) is 4.10. The number of carbonyl (C=O) groups is 1. The van der Waals surface area contributed by atoms with Crippen molar-refractivity contribution in [1.29, 1.82) is 0 Å². The molecule has 3 unspecified atom stereocenters. The lowest BCUT2D eigenvalue weighted by molar-refractivity contribution is -0.131. The minimum Gasteiger partial charge on any atom is -0.318 e. The second kappa shape index (κ2) is 5.26. The summed E-state index contributed by atoms with van der Waals surface area (Å²) in [6, 6.07) is 6.71. The first-order valence-electron chi connectivity index (χ1n) is 6.91. The van der Waals surface area contributed by atoms with Crippen molar-refractivity contribution in [2.45, 2.75) is 31.6 Å². The van der Waals surface area contributed by atoms with E-state index < -0.39 is 9.84 Å². The molecule has 21 heavy (non-hydrogen) atoms. The molecule has 1 aromatic carbocycles. The van der Waals surface area contributed by atoms with E-state index in [0.717, 1.165) is 5.56 Å². The highest BCUT2D eigenvalue weighted by Gasteiger charge is 2.44. The fourth-order valence-electron chi connectivity index (χ4n) is 3.03. The fraction of sp³-hybridized carbons (Fsp3) is 0.500. The molecule has 1 aromatic rings. The number of nitrogens with zero attached hydrogens (tertiary/aromatic N) is 1. The van der Waals surface area contributed by atoms with Gasteiger partial charge in [-0.2, -0.15) is 0 Å². The number of carbonyl (C=O) groups excluding carboxylic acids is 1. The summed E-state index contributed by atoms with van der Waals surface area (Å²) in [5.41, 5.74) is 0.918. The van der Waals surface area contributed by atoms with Crippen LogP contribution in [0.1, 0.15) is 25.1 Å². The maximum atomic E-state index is 12.4. The molecule has 0 saturated carbocycles. The van der Waals surface area contributed by atoms with Crippen molar-refractivity contribution >= 4 is 27.3 Å². The van der Waals surface area contributed by atoms with Crippen LogP contribution >= 0.6 is 11.6 Å². The predicted molar refractivity (Wildman–Crippen MR) is 80.7 cm³/mol. The molecule has 0 spiro atoms. The number of sulfone groups is 1. The van der Waals surface area contributed by atoms with Gasteiger partial charge in [0.1, 0.15) is 6.17 Å². The molecular weight excluding hydrogens is 312 g/mol. The Kier molecular flexibility index (Phi) is 3.71. The van der Waals surface area contributed by atoms with E-state index in [4.69, 9.17) is 11.6 Å².